The Labute approximate surface area is 157 Å². The van der Waals surface area contributed by atoms with Gasteiger partial charge in [-0.15, -0.1) is 0 Å². The number of ether oxygens (including phenoxy) is 2. The Morgan fingerprint density at radius 1 is 1.04 bits per heavy atom. The average Bonchev–Trinajstić information content (AvgIpc) is 2.73. The summed E-state index contributed by atoms with van der Waals surface area (Å²) in [7, 11) is 3.11. The van der Waals surface area contributed by atoms with Crippen molar-refractivity contribution in [2.45, 2.75) is 6.54 Å². The topological polar surface area (TPSA) is 85.4 Å². The number of amides is 2. The molecular weight excluding hydrogens is 344 g/mol. The Hall–Kier alpha value is -3.61. The smallest absolute Gasteiger partial charge is 0.319 e. The molecule has 0 radical (unpaired) electrons. The van der Waals surface area contributed by atoms with Crippen LogP contribution in [0.4, 0.5) is 10.5 Å². The van der Waals surface area contributed by atoms with E-state index in [4.69, 9.17) is 9.47 Å². The fourth-order valence-corrected chi connectivity index (χ4v) is 2.45. The molecule has 138 valence electrons. The minimum absolute atomic E-state index is 0.332. The number of carbonyl (C=O) groups is 1. The van der Waals surface area contributed by atoms with Crippen LogP contribution in [0.1, 0.15) is 5.56 Å². The number of rotatable bonds is 6. The van der Waals surface area contributed by atoms with Crippen LogP contribution >= 0.6 is 0 Å². The first kappa shape index (κ1) is 18.2. The summed E-state index contributed by atoms with van der Waals surface area (Å²) < 4.78 is 10.4. The Kier molecular flexibility index (Phi) is 5.84. The summed E-state index contributed by atoms with van der Waals surface area (Å²) >= 11 is 0. The van der Waals surface area contributed by atoms with Gasteiger partial charge in [0, 0.05) is 54.6 Å². The number of nitrogens with zero attached hydrogens (tertiary/aromatic N) is 2. The van der Waals surface area contributed by atoms with Gasteiger partial charge in [0.1, 0.15) is 11.5 Å². The van der Waals surface area contributed by atoms with E-state index in [0.717, 1.165) is 16.8 Å². The molecular formula is C20H20N4O3. The lowest BCUT2D eigenvalue weighted by Crippen LogP contribution is -2.28. The van der Waals surface area contributed by atoms with E-state index in [1.54, 1.807) is 51.0 Å². The largest absolute Gasteiger partial charge is 0.497 e. The molecule has 2 heterocycles. The summed E-state index contributed by atoms with van der Waals surface area (Å²) in [6.45, 7) is 0.354. The third-order valence-corrected chi connectivity index (χ3v) is 3.84. The van der Waals surface area contributed by atoms with Crippen LogP contribution in [0.2, 0.25) is 0 Å². The molecule has 0 unspecified atom stereocenters. The van der Waals surface area contributed by atoms with Gasteiger partial charge in [-0.3, -0.25) is 9.97 Å². The van der Waals surface area contributed by atoms with Gasteiger partial charge in [-0.05, 0) is 23.8 Å². The molecule has 3 aromatic rings. The lowest BCUT2D eigenvalue weighted by atomic mass is 10.1. The van der Waals surface area contributed by atoms with Crippen molar-refractivity contribution < 1.29 is 14.3 Å². The Morgan fingerprint density at radius 3 is 2.41 bits per heavy atom. The van der Waals surface area contributed by atoms with Gasteiger partial charge in [0.05, 0.1) is 19.9 Å². The predicted octanol–water partition coefficient (Wildman–Crippen LogP) is 3.48. The summed E-state index contributed by atoms with van der Waals surface area (Å²) in [6, 6.07) is 12.5. The second kappa shape index (κ2) is 8.66. The highest BCUT2D eigenvalue weighted by atomic mass is 16.5. The molecule has 1 aromatic carbocycles. The maximum absolute atomic E-state index is 12.1. The summed E-state index contributed by atoms with van der Waals surface area (Å²) in [5.74, 6) is 1.19. The Morgan fingerprint density at radius 2 is 1.81 bits per heavy atom. The van der Waals surface area contributed by atoms with Crippen molar-refractivity contribution in [3.63, 3.8) is 0 Å². The highest BCUT2D eigenvalue weighted by molar-refractivity contribution is 5.89. The summed E-state index contributed by atoms with van der Waals surface area (Å²) in [6.07, 6.45) is 5.21. The molecule has 0 aliphatic carbocycles. The highest BCUT2D eigenvalue weighted by Crippen LogP contribution is 2.25. The number of anilines is 1. The highest BCUT2D eigenvalue weighted by Gasteiger charge is 2.06. The van der Waals surface area contributed by atoms with Gasteiger partial charge in [0.15, 0.2) is 0 Å². The van der Waals surface area contributed by atoms with Gasteiger partial charge in [-0.1, -0.05) is 6.07 Å². The molecule has 0 saturated heterocycles. The fraction of sp³-hybridized carbons (Fsp3) is 0.150. The normalized spacial score (nSPS) is 10.1. The molecule has 7 heteroatoms. The molecule has 0 aliphatic rings. The van der Waals surface area contributed by atoms with Gasteiger partial charge in [-0.2, -0.15) is 0 Å². The molecule has 2 aromatic heterocycles. The van der Waals surface area contributed by atoms with Crippen molar-refractivity contribution in [2.24, 2.45) is 0 Å². The van der Waals surface area contributed by atoms with Crippen LogP contribution in [0.3, 0.4) is 0 Å². The zero-order valence-corrected chi connectivity index (χ0v) is 15.1. The standard InChI is InChI=1S/C20H20N4O3/c1-26-17-8-16(9-18(10-17)27-2)24-20(25)23-12-14-5-6-19(22-11-14)15-4-3-7-21-13-15/h3-11,13H,12H2,1-2H3,(H2,23,24,25). The number of pyridine rings is 2. The summed E-state index contributed by atoms with van der Waals surface area (Å²) in [4.78, 5) is 20.6. The van der Waals surface area contributed by atoms with E-state index in [1.165, 1.54) is 0 Å². The van der Waals surface area contributed by atoms with Crippen molar-refractivity contribution in [1.82, 2.24) is 15.3 Å². The van der Waals surface area contributed by atoms with Gasteiger partial charge in [0.2, 0.25) is 0 Å². The van der Waals surface area contributed by atoms with Crippen molar-refractivity contribution >= 4 is 11.7 Å². The molecule has 27 heavy (non-hydrogen) atoms. The molecule has 0 atom stereocenters. The molecule has 0 spiro atoms. The quantitative estimate of drug-likeness (QED) is 0.699. The molecule has 3 rings (SSSR count). The van der Waals surface area contributed by atoms with E-state index in [-0.39, 0.29) is 6.03 Å². The van der Waals surface area contributed by atoms with Crippen LogP contribution in [0, 0.1) is 0 Å². The zero-order chi connectivity index (χ0) is 19.1. The van der Waals surface area contributed by atoms with E-state index in [1.807, 2.05) is 24.3 Å². The number of nitrogens with one attached hydrogen (secondary N) is 2. The van der Waals surface area contributed by atoms with Gasteiger partial charge in [0.25, 0.3) is 0 Å². The Bertz CT molecular complexity index is 877. The van der Waals surface area contributed by atoms with E-state index in [9.17, 15) is 4.79 Å². The van der Waals surface area contributed by atoms with Gasteiger partial charge in [-0.25, -0.2) is 4.79 Å². The minimum Gasteiger partial charge on any atom is -0.497 e. The van der Waals surface area contributed by atoms with Crippen LogP contribution in [0.15, 0.2) is 61.1 Å². The van der Waals surface area contributed by atoms with E-state index >= 15 is 0 Å². The molecule has 0 bridgehead atoms. The number of methoxy groups -OCH3 is 2. The van der Waals surface area contributed by atoms with E-state index < -0.39 is 0 Å². The first-order valence-electron chi connectivity index (χ1n) is 8.31. The van der Waals surface area contributed by atoms with Crippen LogP contribution < -0.4 is 20.1 Å². The first-order chi connectivity index (χ1) is 13.2. The zero-order valence-electron chi connectivity index (χ0n) is 15.1. The molecule has 2 amide bonds. The number of hydrogen-bond donors (Lipinski definition) is 2. The number of urea groups is 1. The fourth-order valence-electron chi connectivity index (χ4n) is 2.45. The third kappa shape index (κ3) is 4.94. The number of aromatic nitrogens is 2. The Balaban J connectivity index is 1.58. The summed E-state index contributed by atoms with van der Waals surface area (Å²) in [5.41, 5.74) is 3.25. The monoisotopic (exact) mass is 364 g/mol. The van der Waals surface area contributed by atoms with Crippen LogP contribution in [0.5, 0.6) is 11.5 Å². The van der Waals surface area contributed by atoms with Gasteiger partial charge >= 0.3 is 6.03 Å². The van der Waals surface area contributed by atoms with Crippen LogP contribution in [0.25, 0.3) is 11.3 Å². The lowest BCUT2D eigenvalue weighted by molar-refractivity contribution is 0.251. The van der Waals surface area contributed by atoms with Gasteiger partial charge < -0.3 is 20.1 Å². The second-order valence-electron chi connectivity index (χ2n) is 5.70. The number of hydrogen-bond acceptors (Lipinski definition) is 5. The van der Waals surface area contributed by atoms with Crippen molar-refractivity contribution in [2.75, 3.05) is 19.5 Å². The maximum atomic E-state index is 12.1. The van der Waals surface area contributed by atoms with Crippen molar-refractivity contribution in [1.29, 1.82) is 0 Å². The minimum atomic E-state index is -0.332. The SMILES string of the molecule is COc1cc(NC(=O)NCc2ccc(-c3cccnc3)nc2)cc(OC)c1. The number of carbonyl (C=O) groups excluding carboxylic acids is 1. The van der Waals surface area contributed by atoms with E-state index in [2.05, 4.69) is 20.6 Å². The molecule has 0 saturated carbocycles. The molecule has 0 aliphatic heterocycles. The predicted molar refractivity (Wildman–Crippen MR) is 103 cm³/mol. The van der Waals surface area contributed by atoms with Crippen molar-refractivity contribution in [3.8, 4) is 22.8 Å². The third-order valence-electron chi connectivity index (χ3n) is 3.84. The molecule has 7 nitrogen and oxygen atoms in total. The first-order valence-corrected chi connectivity index (χ1v) is 8.31. The van der Waals surface area contributed by atoms with Crippen LogP contribution in [-0.2, 0) is 6.54 Å². The maximum Gasteiger partial charge on any atom is 0.319 e. The van der Waals surface area contributed by atoms with Crippen molar-refractivity contribution in [3.05, 3.63) is 66.6 Å². The summed E-state index contributed by atoms with van der Waals surface area (Å²) in [5, 5.41) is 5.56. The second-order valence-corrected chi connectivity index (χ2v) is 5.70. The van der Waals surface area contributed by atoms with E-state index in [0.29, 0.717) is 23.7 Å². The number of benzene rings is 1. The average molecular weight is 364 g/mol. The van der Waals surface area contributed by atoms with Crippen LogP contribution in [-0.4, -0.2) is 30.2 Å². The molecule has 2 N–H and O–H groups in total. The molecule has 0 fully saturated rings. The lowest BCUT2D eigenvalue weighted by Gasteiger charge is -2.11.